The van der Waals surface area contributed by atoms with E-state index in [1.165, 1.54) is 17.0 Å². The molecular weight excluding hydrogens is 642 g/mol. The van der Waals surface area contributed by atoms with Gasteiger partial charge in [-0.2, -0.15) is 0 Å². The van der Waals surface area contributed by atoms with Crippen LogP contribution in [0.25, 0.3) is 0 Å². The van der Waals surface area contributed by atoms with Crippen LogP contribution in [-0.4, -0.2) is 42.7 Å². The summed E-state index contributed by atoms with van der Waals surface area (Å²) in [7, 11) is -3.01. The normalized spacial score (nSPS) is 27.2. The minimum atomic E-state index is -3.01. The van der Waals surface area contributed by atoms with Crippen molar-refractivity contribution in [1.29, 1.82) is 0 Å². The van der Waals surface area contributed by atoms with E-state index in [-0.39, 0.29) is 42.1 Å². The third-order valence-electron chi connectivity index (χ3n) is 10.6. The molecule has 248 valence electrons. The average molecular weight is 682 g/mol. The number of halogens is 1. The SMILES string of the molecule is CC(C)(C)[Si](OC[C@H]1C[C@@H]2C(=O)N(c3ccccc3)C(=O)[C@@H]2[C@@H]2C[C@@H](c3ccc(O)cc3Cl)O[C@]12O)(c1ccccc1)c1ccccc1. The van der Waals surface area contributed by atoms with E-state index in [4.69, 9.17) is 20.8 Å². The molecule has 0 aromatic heterocycles. The third-order valence-corrected chi connectivity index (χ3v) is 16.0. The van der Waals surface area contributed by atoms with Crippen LogP contribution in [-0.2, 0) is 18.8 Å². The summed E-state index contributed by atoms with van der Waals surface area (Å²) in [5, 5.41) is 25.0. The van der Waals surface area contributed by atoms with Crippen LogP contribution in [0.15, 0.2) is 109 Å². The summed E-state index contributed by atoms with van der Waals surface area (Å²) in [4.78, 5) is 29.6. The maximum atomic E-state index is 14.2. The van der Waals surface area contributed by atoms with Crippen LogP contribution >= 0.6 is 11.6 Å². The lowest BCUT2D eigenvalue weighted by atomic mass is 9.64. The van der Waals surface area contributed by atoms with Crippen LogP contribution in [0.4, 0.5) is 5.69 Å². The van der Waals surface area contributed by atoms with Gasteiger partial charge in [-0.05, 0) is 58.1 Å². The molecule has 6 atom stereocenters. The molecule has 1 saturated carbocycles. The van der Waals surface area contributed by atoms with E-state index in [0.29, 0.717) is 16.3 Å². The number of amides is 2. The number of rotatable bonds is 7. The van der Waals surface area contributed by atoms with Crippen LogP contribution in [0.3, 0.4) is 0 Å². The summed E-state index contributed by atoms with van der Waals surface area (Å²) in [5.41, 5.74) is 1.12. The number of ether oxygens (including phenoxy) is 1. The van der Waals surface area contributed by atoms with Crippen molar-refractivity contribution in [2.24, 2.45) is 23.7 Å². The number of benzene rings is 4. The van der Waals surface area contributed by atoms with Gasteiger partial charge in [-0.1, -0.05) is 117 Å². The Balaban J connectivity index is 1.31. The number of hydrogen-bond donors (Lipinski definition) is 2. The Morgan fingerprint density at radius 2 is 1.46 bits per heavy atom. The van der Waals surface area contributed by atoms with E-state index >= 15 is 0 Å². The Kier molecular flexibility index (Phi) is 8.37. The van der Waals surface area contributed by atoms with Crippen molar-refractivity contribution in [3.63, 3.8) is 0 Å². The van der Waals surface area contributed by atoms with Crippen LogP contribution in [0, 0.1) is 23.7 Å². The Bertz CT molecular complexity index is 1780. The molecule has 2 aliphatic heterocycles. The topological polar surface area (TPSA) is 96.3 Å². The third kappa shape index (κ3) is 5.22. The second kappa shape index (κ2) is 12.3. The van der Waals surface area contributed by atoms with Crippen molar-refractivity contribution in [1.82, 2.24) is 0 Å². The van der Waals surface area contributed by atoms with E-state index in [9.17, 15) is 19.8 Å². The summed E-state index contributed by atoms with van der Waals surface area (Å²) >= 11 is 6.59. The molecule has 3 aliphatic rings. The highest BCUT2D eigenvalue weighted by Gasteiger charge is 2.67. The lowest BCUT2D eigenvalue weighted by Gasteiger charge is -2.48. The minimum absolute atomic E-state index is 0.0181. The number of aromatic hydroxyl groups is 1. The second-order valence-electron chi connectivity index (χ2n) is 14.3. The van der Waals surface area contributed by atoms with Crippen molar-refractivity contribution >= 4 is 47.8 Å². The maximum absolute atomic E-state index is 14.2. The van der Waals surface area contributed by atoms with Gasteiger partial charge < -0.3 is 19.4 Å². The first kappa shape index (κ1) is 32.7. The first-order chi connectivity index (χ1) is 23.0. The fourth-order valence-corrected chi connectivity index (χ4v) is 13.4. The summed E-state index contributed by atoms with van der Waals surface area (Å²) in [6.07, 6.45) is -0.157. The monoisotopic (exact) mass is 681 g/mol. The molecule has 2 saturated heterocycles. The standard InChI is InChI=1S/C39H40ClNO6Si/c1-38(2,3)48(28-15-9-5-10-16-28,29-17-11-6-12-18-29)46-24-25-21-31-35(37(44)41(36(31)43)26-13-7-4-8-14-26)32-23-34(47-39(25,32)45)30-20-19-27(42)22-33(30)40/h4-20,22,25,31-32,34-35,42,45H,21,23-24H2,1-3H3/t25-,31+,32+,34+,35+,39-/m1/s1. The fraction of sp³-hybridized carbons (Fsp3) is 0.333. The van der Waals surface area contributed by atoms with E-state index in [2.05, 4.69) is 45.0 Å². The zero-order chi connectivity index (χ0) is 33.8. The van der Waals surface area contributed by atoms with Crippen molar-refractivity contribution in [3.8, 4) is 5.75 Å². The van der Waals surface area contributed by atoms with Crippen molar-refractivity contribution in [2.75, 3.05) is 11.5 Å². The number of imide groups is 1. The van der Waals surface area contributed by atoms with Crippen LogP contribution < -0.4 is 15.3 Å². The van der Waals surface area contributed by atoms with Crippen molar-refractivity contribution in [2.45, 2.75) is 50.5 Å². The smallest absolute Gasteiger partial charge is 0.261 e. The van der Waals surface area contributed by atoms with E-state index in [1.807, 2.05) is 42.5 Å². The molecule has 7 rings (SSSR count). The average Bonchev–Trinajstić information content (AvgIpc) is 3.55. The Morgan fingerprint density at radius 1 is 0.875 bits per heavy atom. The van der Waals surface area contributed by atoms with Crippen molar-refractivity contribution in [3.05, 3.63) is 120 Å². The Morgan fingerprint density at radius 3 is 2.02 bits per heavy atom. The minimum Gasteiger partial charge on any atom is -0.508 e. The predicted molar refractivity (Wildman–Crippen MR) is 188 cm³/mol. The molecule has 1 aliphatic carbocycles. The first-order valence-corrected chi connectivity index (χ1v) is 18.8. The van der Waals surface area contributed by atoms with Crippen LogP contribution in [0.2, 0.25) is 10.1 Å². The number of phenols is 1. The summed E-state index contributed by atoms with van der Waals surface area (Å²) < 4.78 is 13.9. The number of carbonyl (C=O) groups excluding carboxylic acids is 2. The van der Waals surface area contributed by atoms with Gasteiger partial charge in [-0.15, -0.1) is 0 Å². The zero-order valence-corrected chi connectivity index (χ0v) is 29.0. The molecule has 2 N–H and O–H groups in total. The summed E-state index contributed by atoms with van der Waals surface area (Å²) in [6, 6.07) is 34.2. The maximum Gasteiger partial charge on any atom is 0.261 e. The molecule has 3 fully saturated rings. The number of nitrogens with zero attached hydrogens (tertiary/aromatic N) is 1. The molecule has 2 amide bonds. The molecule has 0 unspecified atom stereocenters. The molecule has 0 spiro atoms. The van der Waals surface area contributed by atoms with Gasteiger partial charge in [-0.3, -0.25) is 14.5 Å². The van der Waals surface area contributed by atoms with Crippen molar-refractivity contribution < 1.29 is 29.0 Å². The molecule has 9 heteroatoms. The van der Waals surface area contributed by atoms with Gasteiger partial charge in [0, 0.05) is 18.4 Å². The molecule has 7 nitrogen and oxygen atoms in total. The van der Waals surface area contributed by atoms with E-state index < -0.39 is 43.9 Å². The number of aliphatic hydroxyl groups is 1. The predicted octanol–water partition coefficient (Wildman–Crippen LogP) is 6.21. The van der Waals surface area contributed by atoms with E-state index in [1.54, 1.807) is 30.3 Å². The molecule has 2 heterocycles. The number of carbonyl (C=O) groups is 2. The fourth-order valence-electron chi connectivity index (χ4n) is 8.46. The van der Waals surface area contributed by atoms with E-state index in [0.717, 1.165) is 10.4 Å². The largest absolute Gasteiger partial charge is 0.508 e. The highest BCUT2D eigenvalue weighted by Crippen LogP contribution is 2.59. The number of para-hydroxylation sites is 1. The van der Waals surface area contributed by atoms with Gasteiger partial charge in [-0.25, -0.2) is 0 Å². The second-order valence-corrected chi connectivity index (χ2v) is 19.0. The zero-order valence-electron chi connectivity index (χ0n) is 27.3. The lowest BCUT2D eigenvalue weighted by molar-refractivity contribution is -0.273. The molecule has 4 aromatic rings. The van der Waals surface area contributed by atoms with Gasteiger partial charge in [0.2, 0.25) is 11.8 Å². The van der Waals surface area contributed by atoms with Crippen LogP contribution in [0.5, 0.6) is 5.75 Å². The molecular formula is C39H40ClNO6Si. The van der Waals surface area contributed by atoms with Gasteiger partial charge in [0.05, 0.1) is 28.6 Å². The quantitative estimate of drug-likeness (QED) is 0.178. The lowest BCUT2D eigenvalue weighted by Crippen LogP contribution is -2.67. The summed E-state index contributed by atoms with van der Waals surface area (Å²) in [5.74, 6) is -5.08. The number of phenolic OH excluding ortho intramolecular Hbond substituents is 1. The van der Waals surface area contributed by atoms with Gasteiger partial charge in [0.25, 0.3) is 8.32 Å². The molecule has 4 aromatic carbocycles. The first-order valence-electron chi connectivity index (χ1n) is 16.5. The van der Waals surface area contributed by atoms with Gasteiger partial charge >= 0.3 is 0 Å². The van der Waals surface area contributed by atoms with Gasteiger partial charge in [0.15, 0.2) is 5.79 Å². The highest BCUT2D eigenvalue weighted by molar-refractivity contribution is 6.99. The van der Waals surface area contributed by atoms with Gasteiger partial charge in [0.1, 0.15) is 5.75 Å². The number of hydrogen-bond acceptors (Lipinski definition) is 6. The molecule has 0 bridgehead atoms. The Labute approximate surface area is 287 Å². The highest BCUT2D eigenvalue weighted by atomic mass is 35.5. The number of fused-ring (bicyclic) bond motifs is 3. The molecule has 48 heavy (non-hydrogen) atoms. The Hall–Kier alpha value is -3.79. The summed E-state index contributed by atoms with van der Waals surface area (Å²) in [6.45, 7) is 6.70. The van der Waals surface area contributed by atoms with Crippen LogP contribution in [0.1, 0.15) is 45.3 Å². The molecule has 0 radical (unpaired) electrons. The number of anilines is 1.